The van der Waals surface area contributed by atoms with Crippen LogP contribution in [0.1, 0.15) is 43.4 Å². The van der Waals surface area contributed by atoms with Crippen LogP contribution in [0.15, 0.2) is 42.5 Å². The van der Waals surface area contributed by atoms with Gasteiger partial charge in [-0.05, 0) is 56.2 Å². The fourth-order valence-corrected chi connectivity index (χ4v) is 2.74. The Kier molecular flexibility index (Phi) is 5.95. The molecule has 0 aromatic heterocycles. The topological polar surface area (TPSA) is 35.5 Å². The summed E-state index contributed by atoms with van der Waals surface area (Å²) in [5, 5.41) is 0. The van der Waals surface area contributed by atoms with E-state index in [2.05, 4.69) is 0 Å². The van der Waals surface area contributed by atoms with Gasteiger partial charge in [-0.1, -0.05) is 18.2 Å². The number of hydrogen-bond donors (Lipinski definition) is 0. The number of ether oxygens (including phenoxy) is 2. The van der Waals surface area contributed by atoms with Crippen LogP contribution in [0, 0.1) is 0 Å². The highest BCUT2D eigenvalue weighted by molar-refractivity contribution is 5.87. The van der Waals surface area contributed by atoms with Crippen molar-refractivity contribution in [2.75, 3.05) is 7.11 Å². The summed E-state index contributed by atoms with van der Waals surface area (Å²) in [6.07, 6.45) is -4.46. The summed E-state index contributed by atoms with van der Waals surface area (Å²) in [7, 11) is 1.49. The Hall–Kier alpha value is -2.50. The molecule has 0 amide bonds. The molecule has 0 aliphatic carbocycles. The quantitative estimate of drug-likeness (QED) is 0.703. The normalized spacial score (nSPS) is 12.8. The second-order valence-corrected chi connectivity index (χ2v) is 6.24. The largest absolute Gasteiger partial charge is 0.493 e. The van der Waals surface area contributed by atoms with Crippen LogP contribution in [0.5, 0.6) is 11.5 Å². The predicted molar refractivity (Wildman–Crippen MR) is 92.7 cm³/mol. The summed E-state index contributed by atoms with van der Waals surface area (Å²) >= 11 is 0. The predicted octanol–water partition coefficient (Wildman–Crippen LogP) is 5.22. The molecule has 0 fully saturated rings. The van der Waals surface area contributed by atoms with Gasteiger partial charge in [0.1, 0.15) is 5.78 Å². The summed E-state index contributed by atoms with van der Waals surface area (Å²) in [5.41, 5.74) is 0.372. The Morgan fingerprint density at radius 2 is 1.54 bits per heavy atom. The van der Waals surface area contributed by atoms with E-state index in [0.29, 0.717) is 22.6 Å². The molecule has 0 radical (unpaired) electrons. The smallest absolute Gasteiger partial charge is 0.416 e. The van der Waals surface area contributed by atoms with Gasteiger partial charge in [0.2, 0.25) is 0 Å². The van der Waals surface area contributed by atoms with Crippen molar-refractivity contribution in [3.63, 3.8) is 0 Å². The summed E-state index contributed by atoms with van der Waals surface area (Å²) in [4.78, 5) is 12.2. The molecule has 2 rings (SSSR count). The molecule has 0 aliphatic heterocycles. The van der Waals surface area contributed by atoms with Crippen molar-refractivity contribution in [2.45, 2.75) is 39.0 Å². The van der Waals surface area contributed by atoms with Crippen LogP contribution in [-0.2, 0) is 11.0 Å². The Labute approximate surface area is 150 Å². The Balaban J connectivity index is 2.43. The van der Waals surface area contributed by atoms with Crippen LogP contribution >= 0.6 is 0 Å². The average Bonchev–Trinajstić information content (AvgIpc) is 2.55. The van der Waals surface area contributed by atoms with E-state index >= 15 is 0 Å². The van der Waals surface area contributed by atoms with Crippen molar-refractivity contribution in [1.29, 1.82) is 0 Å². The van der Waals surface area contributed by atoms with E-state index < -0.39 is 17.7 Å². The molecule has 0 spiro atoms. The van der Waals surface area contributed by atoms with E-state index in [-0.39, 0.29) is 11.9 Å². The van der Waals surface area contributed by atoms with Gasteiger partial charge in [0.15, 0.2) is 11.5 Å². The number of rotatable bonds is 6. The molecule has 1 unspecified atom stereocenters. The van der Waals surface area contributed by atoms with Crippen LogP contribution in [0.2, 0.25) is 0 Å². The van der Waals surface area contributed by atoms with Crippen LogP contribution in [0.4, 0.5) is 13.2 Å². The van der Waals surface area contributed by atoms with Crippen LogP contribution in [0.3, 0.4) is 0 Å². The maximum atomic E-state index is 12.8. The van der Waals surface area contributed by atoms with Gasteiger partial charge >= 0.3 is 6.18 Å². The number of methoxy groups -OCH3 is 1. The third-order valence-corrected chi connectivity index (χ3v) is 3.86. The van der Waals surface area contributed by atoms with Crippen molar-refractivity contribution >= 4 is 5.78 Å². The summed E-state index contributed by atoms with van der Waals surface area (Å²) in [6.45, 7) is 5.18. The van der Waals surface area contributed by atoms with Crippen molar-refractivity contribution in [1.82, 2.24) is 0 Å². The molecular weight excluding hydrogens is 345 g/mol. The van der Waals surface area contributed by atoms with Gasteiger partial charge < -0.3 is 9.47 Å². The molecule has 6 heteroatoms. The van der Waals surface area contributed by atoms with Crippen molar-refractivity contribution in [3.05, 3.63) is 59.2 Å². The summed E-state index contributed by atoms with van der Waals surface area (Å²) in [6, 6.07) is 9.75. The van der Waals surface area contributed by atoms with Crippen LogP contribution in [0.25, 0.3) is 0 Å². The number of ketones is 1. The first-order valence-corrected chi connectivity index (χ1v) is 8.15. The van der Waals surface area contributed by atoms with E-state index in [1.807, 2.05) is 13.8 Å². The van der Waals surface area contributed by atoms with Crippen molar-refractivity contribution in [3.8, 4) is 11.5 Å². The first-order chi connectivity index (χ1) is 12.1. The second kappa shape index (κ2) is 7.81. The second-order valence-electron chi connectivity index (χ2n) is 6.24. The van der Waals surface area contributed by atoms with Crippen LogP contribution in [-0.4, -0.2) is 19.0 Å². The van der Waals surface area contributed by atoms with Gasteiger partial charge in [0.05, 0.1) is 24.7 Å². The number of carbonyl (C=O) groups is 1. The molecule has 3 nitrogen and oxygen atoms in total. The standard InChI is InChI=1S/C20H21F3O3/c1-12(2)26-17-10-7-15(11-18(17)25-4)19(13(3)24)14-5-8-16(9-6-14)20(21,22)23/h5-12,19H,1-4H3. The molecule has 2 aromatic rings. The molecule has 0 N–H and O–H groups in total. The molecular formula is C20H21F3O3. The van der Waals surface area contributed by atoms with Crippen molar-refractivity contribution in [2.24, 2.45) is 0 Å². The lowest BCUT2D eigenvalue weighted by Gasteiger charge is -2.19. The number of benzene rings is 2. The summed E-state index contributed by atoms with van der Waals surface area (Å²) in [5.74, 6) is 0.152. The minimum absolute atomic E-state index is 0.0479. The SMILES string of the molecule is COc1cc(C(C(C)=O)c2ccc(C(F)(F)F)cc2)ccc1OC(C)C. The fourth-order valence-electron chi connectivity index (χ4n) is 2.74. The Morgan fingerprint density at radius 3 is 2.00 bits per heavy atom. The molecule has 0 saturated heterocycles. The van der Waals surface area contributed by atoms with Gasteiger partial charge in [-0.15, -0.1) is 0 Å². The van der Waals surface area contributed by atoms with Gasteiger partial charge in [-0.2, -0.15) is 13.2 Å². The molecule has 2 aromatic carbocycles. The first kappa shape index (κ1) is 19.8. The summed E-state index contributed by atoms with van der Waals surface area (Å²) < 4.78 is 49.2. The number of alkyl halides is 3. The highest BCUT2D eigenvalue weighted by atomic mass is 19.4. The maximum Gasteiger partial charge on any atom is 0.416 e. The van der Waals surface area contributed by atoms with E-state index in [4.69, 9.17) is 9.47 Å². The van der Waals surface area contributed by atoms with Gasteiger partial charge in [0, 0.05) is 0 Å². The van der Waals surface area contributed by atoms with Gasteiger partial charge in [-0.25, -0.2) is 0 Å². The first-order valence-electron chi connectivity index (χ1n) is 8.15. The third-order valence-electron chi connectivity index (χ3n) is 3.86. The highest BCUT2D eigenvalue weighted by Crippen LogP contribution is 2.36. The average molecular weight is 366 g/mol. The number of carbonyl (C=O) groups excluding carboxylic acids is 1. The zero-order valence-corrected chi connectivity index (χ0v) is 15.1. The zero-order chi connectivity index (χ0) is 19.5. The van der Waals surface area contributed by atoms with Gasteiger partial charge in [0.25, 0.3) is 0 Å². The Morgan fingerprint density at radius 1 is 0.962 bits per heavy atom. The maximum absolute atomic E-state index is 12.8. The minimum atomic E-state index is -4.41. The lowest BCUT2D eigenvalue weighted by molar-refractivity contribution is -0.137. The molecule has 0 aliphatic rings. The molecule has 1 atom stereocenters. The monoisotopic (exact) mass is 366 g/mol. The van der Waals surface area contributed by atoms with E-state index in [9.17, 15) is 18.0 Å². The van der Waals surface area contributed by atoms with E-state index in [1.54, 1.807) is 18.2 Å². The molecule has 0 saturated carbocycles. The lowest BCUT2D eigenvalue weighted by atomic mass is 9.87. The fraction of sp³-hybridized carbons (Fsp3) is 0.350. The number of Topliss-reactive ketones (excluding diaryl/α,β-unsaturated/α-hetero) is 1. The zero-order valence-electron chi connectivity index (χ0n) is 15.1. The van der Waals surface area contributed by atoms with E-state index in [0.717, 1.165) is 12.1 Å². The third kappa shape index (κ3) is 4.56. The molecule has 0 heterocycles. The van der Waals surface area contributed by atoms with Crippen LogP contribution < -0.4 is 9.47 Å². The van der Waals surface area contributed by atoms with E-state index in [1.165, 1.54) is 26.2 Å². The Bertz CT molecular complexity index is 765. The number of hydrogen-bond acceptors (Lipinski definition) is 3. The van der Waals surface area contributed by atoms with Gasteiger partial charge in [-0.3, -0.25) is 4.79 Å². The number of halogens is 3. The molecule has 140 valence electrons. The minimum Gasteiger partial charge on any atom is -0.493 e. The highest BCUT2D eigenvalue weighted by Gasteiger charge is 2.30. The molecule has 0 bridgehead atoms. The molecule has 26 heavy (non-hydrogen) atoms. The van der Waals surface area contributed by atoms with Crippen molar-refractivity contribution < 1.29 is 27.4 Å². The lowest BCUT2D eigenvalue weighted by Crippen LogP contribution is -2.12.